The predicted octanol–water partition coefficient (Wildman–Crippen LogP) is 1.96. The van der Waals surface area contributed by atoms with Crippen molar-refractivity contribution >= 4 is 0 Å². The van der Waals surface area contributed by atoms with E-state index >= 15 is 0 Å². The van der Waals surface area contributed by atoms with Gasteiger partial charge in [0.2, 0.25) is 0 Å². The van der Waals surface area contributed by atoms with Gasteiger partial charge in [0.15, 0.2) is 0 Å². The molecule has 0 saturated carbocycles. The van der Waals surface area contributed by atoms with Crippen molar-refractivity contribution in [2.75, 3.05) is 33.2 Å². The molecule has 0 aliphatic carbocycles. The van der Waals surface area contributed by atoms with E-state index in [0.717, 1.165) is 12.5 Å². The highest BCUT2D eigenvalue weighted by Gasteiger charge is 1.95. The second kappa shape index (κ2) is 8.52. The van der Waals surface area contributed by atoms with Crippen molar-refractivity contribution in [3.8, 4) is 0 Å². The van der Waals surface area contributed by atoms with Crippen molar-refractivity contribution < 1.29 is 0 Å². The molecule has 0 unspecified atom stereocenters. The molecule has 1 N–H and O–H groups in total. The van der Waals surface area contributed by atoms with Crippen molar-refractivity contribution in [3.63, 3.8) is 0 Å². The van der Waals surface area contributed by atoms with Gasteiger partial charge in [-0.05, 0) is 52.0 Å². The van der Waals surface area contributed by atoms with Crippen molar-refractivity contribution in [3.05, 3.63) is 0 Å². The average Bonchev–Trinajstić information content (AvgIpc) is 2.10. The van der Waals surface area contributed by atoms with E-state index < -0.39 is 0 Å². The summed E-state index contributed by atoms with van der Waals surface area (Å²) in [6, 6.07) is 0. The Morgan fingerprint density at radius 1 is 1.23 bits per heavy atom. The van der Waals surface area contributed by atoms with Gasteiger partial charge in [0.05, 0.1) is 0 Å². The summed E-state index contributed by atoms with van der Waals surface area (Å²) >= 11 is 0. The molecule has 13 heavy (non-hydrogen) atoms. The van der Waals surface area contributed by atoms with Gasteiger partial charge in [-0.1, -0.05) is 20.8 Å². The van der Waals surface area contributed by atoms with E-state index in [4.69, 9.17) is 0 Å². The topological polar surface area (TPSA) is 15.3 Å². The first-order valence-electron chi connectivity index (χ1n) is 5.56. The molecule has 0 radical (unpaired) electrons. The monoisotopic (exact) mass is 186 g/mol. The lowest BCUT2D eigenvalue weighted by atomic mass is 10.2. The van der Waals surface area contributed by atoms with E-state index in [1.165, 1.54) is 32.5 Å². The van der Waals surface area contributed by atoms with E-state index in [0.29, 0.717) is 0 Å². The van der Waals surface area contributed by atoms with Crippen molar-refractivity contribution in [1.29, 1.82) is 0 Å². The van der Waals surface area contributed by atoms with Crippen LogP contribution in [0.2, 0.25) is 0 Å². The third kappa shape index (κ3) is 9.84. The van der Waals surface area contributed by atoms with Crippen LogP contribution in [0.15, 0.2) is 0 Å². The summed E-state index contributed by atoms with van der Waals surface area (Å²) in [4.78, 5) is 2.36. The van der Waals surface area contributed by atoms with Crippen LogP contribution in [0.1, 0.15) is 33.6 Å². The molecule has 0 aliphatic heterocycles. The molecule has 0 saturated heterocycles. The molecule has 0 aromatic heterocycles. The molecule has 0 rings (SSSR count). The summed E-state index contributed by atoms with van der Waals surface area (Å²) in [7, 11) is 2.18. The maximum Gasteiger partial charge on any atom is -0.00214 e. The summed E-state index contributed by atoms with van der Waals surface area (Å²) in [5.41, 5.74) is 0. The van der Waals surface area contributed by atoms with Gasteiger partial charge in [0.1, 0.15) is 0 Å². The third-order valence-electron chi connectivity index (χ3n) is 2.24. The lowest BCUT2D eigenvalue weighted by Crippen LogP contribution is -2.23. The number of unbranched alkanes of at least 4 members (excludes halogenated alkanes) is 1. The first-order valence-corrected chi connectivity index (χ1v) is 5.56. The summed E-state index contributed by atoms with van der Waals surface area (Å²) in [6.07, 6.45) is 2.62. The summed E-state index contributed by atoms with van der Waals surface area (Å²) in [6.45, 7) is 11.4. The molecule has 0 amide bonds. The van der Waals surface area contributed by atoms with Crippen LogP contribution in [-0.2, 0) is 0 Å². The highest BCUT2D eigenvalue weighted by molar-refractivity contribution is 4.53. The van der Waals surface area contributed by atoms with Crippen molar-refractivity contribution in [1.82, 2.24) is 10.2 Å². The molecule has 0 atom stereocenters. The molecule has 0 fully saturated rings. The second-order valence-electron chi connectivity index (χ2n) is 4.20. The van der Waals surface area contributed by atoms with Gasteiger partial charge in [-0.25, -0.2) is 0 Å². The lowest BCUT2D eigenvalue weighted by molar-refractivity contribution is 0.341. The maximum absolute atomic E-state index is 3.46. The first-order chi connectivity index (χ1) is 6.16. The minimum Gasteiger partial charge on any atom is -0.316 e. The molecule has 0 aliphatic rings. The second-order valence-corrected chi connectivity index (χ2v) is 4.20. The van der Waals surface area contributed by atoms with Crippen LogP contribution in [0.25, 0.3) is 0 Å². The van der Waals surface area contributed by atoms with Gasteiger partial charge in [-0.15, -0.1) is 0 Å². The number of nitrogens with zero attached hydrogens (tertiary/aromatic N) is 1. The van der Waals surface area contributed by atoms with E-state index in [1.807, 2.05) is 0 Å². The summed E-state index contributed by atoms with van der Waals surface area (Å²) < 4.78 is 0. The molecule has 0 aromatic rings. The lowest BCUT2D eigenvalue weighted by Gasteiger charge is -2.13. The van der Waals surface area contributed by atoms with E-state index in [2.05, 4.69) is 38.0 Å². The molecule has 2 nitrogen and oxygen atoms in total. The fraction of sp³-hybridized carbons (Fsp3) is 1.00. The van der Waals surface area contributed by atoms with Crippen LogP contribution in [0.5, 0.6) is 0 Å². The standard InChI is InChI=1S/C11H26N2/c1-5-13(4)9-7-6-8-12-10-11(2)3/h11-12H,5-10H2,1-4H3. The van der Waals surface area contributed by atoms with Crippen LogP contribution >= 0.6 is 0 Å². The number of nitrogens with one attached hydrogen (secondary N) is 1. The number of hydrogen-bond donors (Lipinski definition) is 1. The zero-order valence-corrected chi connectivity index (χ0v) is 9.77. The Bertz CT molecular complexity index is 102. The van der Waals surface area contributed by atoms with Crippen LogP contribution in [0, 0.1) is 5.92 Å². The third-order valence-corrected chi connectivity index (χ3v) is 2.24. The quantitative estimate of drug-likeness (QED) is 0.583. The van der Waals surface area contributed by atoms with E-state index in [1.54, 1.807) is 0 Å². The Morgan fingerprint density at radius 3 is 2.46 bits per heavy atom. The first kappa shape index (κ1) is 12.9. The summed E-state index contributed by atoms with van der Waals surface area (Å²) in [5.74, 6) is 0.776. The van der Waals surface area contributed by atoms with Gasteiger partial charge >= 0.3 is 0 Å². The molecule has 0 bridgehead atoms. The van der Waals surface area contributed by atoms with Crippen molar-refractivity contribution in [2.45, 2.75) is 33.6 Å². The predicted molar refractivity (Wildman–Crippen MR) is 60.1 cm³/mol. The molecule has 80 valence electrons. The Labute approximate surface area is 83.7 Å². The van der Waals surface area contributed by atoms with E-state index in [-0.39, 0.29) is 0 Å². The van der Waals surface area contributed by atoms with Crippen molar-refractivity contribution in [2.24, 2.45) is 5.92 Å². The molecule has 0 heterocycles. The molecule has 2 heteroatoms. The van der Waals surface area contributed by atoms with Crippen LogP contribution in [0.3, 0.4) is 0 Å². The molecule has 0 aromatic carbocycles. The van der Waals surface area contributed by atoms with Gasteiger partial charge in [0.25, 0.3) is 0 Å². The zero-order chi connectivity index (χ0) is 10.1. The fourth-order valence-electron chi connectivity index (χ4n) is 1.18. The van der Waals surface area contributed by atoms with E-state index in [9.17, 15) is 0 Å². The Morgan fingerprint density at radius 2 is 1.92 bits per heavy atom. The highest BCUT2D eigenvalue weighted by Crippen LogP contribution is 1.92. The number of rotatable bonds is 8. The minimum atomic E-state index is 0.776. The maximum atomic E-state index is 3.46. The Balaban J connectivity index is 2.99. The van der Waals surface area contributed by atoms with Crippen LogP contribution in [0.4, 0.5) is 0 Å². The Kier molecular flexibility index (Phi) is 8.46. The molecular weight excluding hydrogens is 160 g/mol. The van der Waals surface area contributed by atoms with Gasteiger partial charge in [-0.2, -0.15) is 0 Å². The molecule has 0 spiro atoms. The van der Waals surface area contributed by atoms with Crippen LogP contribution < -0.4 is 5.32 Å². The van der Waals surface area contributed by atoms with Gasteiger partial charge in [-0.3, -0.25) is 0 Å². The average molecular weight is 186 g/mol. The number of hydrogen-bond acceptors (Lipinski definition) is 2. The highest BCUT2D eigenvalue weighted by atomic mass is 15.1. The normalized spacial score (nSPS) is 11.5. The fourth-order valence-corrected chi connectivity index (χ4v) is 1.18. The largest absolute Gasteiger partial charge is 0.316 e. The SMILES string of the molecule is CCN(C)CCCCNCC(C)C. The van der Waals surface area contributed by atoms with Gasteiger partial charge < -0.3 is 10.2 Å². The van der Waals surface area contributed by atoms with Gasteiger partial charge in [0, 0.05) is 0 Å². The van der Waals surface area contributed by atoms with Crippen LogP contribution in [-0.4, -0.2) is 38.1 Å². The smallest absolute Gasteiger partial charge is 0.00214 e. The molecular formula is C11H26N2. The Hall–Kier alpha value is -0.0800. The summed E-state index contributed by atoms with van der Waals surface area (Å²) in [5, 5.41) is 3.46. The minimum absolute atomic E-state index is 0.776. The zero-order valence-electron chi connectivity index (χ0n) is 9.77.